The van der Waals surface area contributed by atoms with Crippen LogP contribution < -0.4 is 18.9 Å². The van der Waals surface area contributed by atoms with Crippen LogP contribution in [0.5, 0.6) is 23.1 Å². The van der Waals surface area contributed by atoms with Gasteiger partial charge in [-0.05, 0) is 61.5 Å². The van der Waals surface area contributed by atoms with Crippen molar-refractivity contribution in [1.82, 2.24) is 15.0 Å². The van der Waals surface area contributed by atoms with Gasteiger partial charge in [0.15, 0.2) is 11.5 Å². The van der Waals surface area contributed by atoms with Crippen molar-refractivity contribution in [2.75, 3.05) is 26.4 Å². The molecule has 8 heteroatoms. The Bertz CT molecular complexity index is 2220. The predicted octanol–water partition coefficient (Wildman–Crippen LogP) is 9.51. The van der Waals surface area contributed by atoms with Gasteiger partial charge in [0.2, 0.25) is 5.88 Å². The van der Waals surface area contributed by atoms with Crippen LogP contribution in [0.15, 0.2) is 146 Å². The van der Waals surface area contributed by atoms with Crippen molar-refractivity contribution in [2.24, 2.45) is 0 Å². The zero-order valence-electron chi connectivity index (χ0n) is 30.0. The van der Waals surface area contributed by atoms with Gasteiger partial charge in [-0.15, -0.1) is 83.9 Å². The number of para-hydroxylation sites is 1. The Hall–Kier alpha value is -5.82. The smallest absolute Gasteiger partial charge is 0.516 e. The van der Waals surface area contributed by atoms with Crippen LogP contribution in [0, 0.1) is 18.2 Å². The van der Waals surface area contributed by atoms with Crippen molar-refractivity contribution in [3.8, 4) is 56.8 Å². The third-order valence-corrected chi connectivity index (χ3v) is 8.63. The van der Waals surface area contributed by atoms with Crippen molar-refractivity contribution in [2.45, 2.75) is 19.3 Å². The maximum Gasteiger partial charge on any atom is 3.00 e. The van der Waals surface area contributed by atoms with Gasteiger partial charge in [-0.1, -0.05) is 29.8 Å². The first-order valence-electron chi connectivity index (χ1n) is 17.5. The fourth-order valence-electron chi connectivity index (χ4n) is 5.83. The Balaban J connectivity index is 0.00000497. The number of nitrogens with zero attached hydrogens (tertiary/aromatic N) is 3. The molecule has 54 heavy (non-hydrogen) atoms. The molecule has 0 amide bonds. The van der Waals surface area contributed by atoms with Gasteiger partial charge < -0.3 is 23.9 Å². The molecule has 7 aromatic rings. The van der Waals surface area contributed by atoms with Crippen LogP contribution in [0.1, 0.15) is 25.2 Å². The number of hydrogen-bond donors (Lipinski definition) is 0. The predicted molar refractivity (Wildman–Crippen MR) is 206 cm³/mol. The summed E-state index contributed by atoms with van der Waals surface area (Å²) in [6, 6.07) is 54.8. The molecular weight excluding hydrogens is 851 g/mol. The number of benzene rings is 4. The van der Waals surface area contributed by atoms with Crippen LogP contribution in [-0.4, -0.2) is 41.4 Å². The second-order valence-corrected chi connectivity index (χ2v) is 12.6. The van der Waals surface area contributed by atoms with E-state index in [0.717, 1.165) is 45.0 Å². The molecule has 0 spiro atoms. The third kappa shape index (κ3) is 9.39. The van der Waals surface area contributed by atoms with E-state index < -0.39 is 5.41 Å². The van der Waals surface area contributed by atoms with E-state index in [1.807, 2.05) is 127 Å². The molecule has 3 aromatic heterocycles. The summed E-state index contributed by atoms with van der Waals surface area (Å²) in [5.74, 6) is 2.30. The maximum absolute atomic E-state index is 6.37. The molecule has 0 bridgehead atoms. The van der Waals surface area contributed by atoms with Gasteiger partial charge in [0.1, 0.15) is 26.4 Å². The normalized spacial score (nSPS) is 10.9. The minimum absolute atomic E-state index is 0. The number of aromatic nitrogens is 3. The van der Waals surface area contributed by atoms with E-state index in [4.69, 9.17) is 28.9 Å². The molecule has 0 aliphatic heterocycles. The van der Waals surface area contributed by atoms with Gasteiger partial charge in [0, 0.05) is 29.1 Å². The van der Waals surface area contributed by atoms with Crippen LogP contribution in [0.4, 0.5) is 0 Å². The van der Waals surface area contributed by atoms with Crippen LogP contribution in [-0.2, 0) is 25.5 Å². The number of pyridine rings is 3. The number of hydrogen-bond acceptors (Lipinski definition) is 7. The van der Waals surface area contributed by atoms with Crippen LogP contribution >= 0.6 is 0 Å². The molecule has 0 aliphatic rings. The van der Waals surface area contributed by atoms with Crippen molar-refractivity contribution in [3.05, 3.63) is 175 Å². The summed E-state index contributed by atoms with van der Waals surface area (Å²) in [4.78, 5) is 14.6. The fraction of sp³-hybridized carbons (Fsp3) is 0.152. The Morgan fingerprint density at radius 1 is 0.519 bits per heavy atom. The molecule has 0 fully saturated rings. The first kappa shape index (κ1) is 37.9. The maximum atomic E-state index is 6.37. The van der Waals surface area contributed by atoms with Crippen molar-refractivity contribution in [1.29, 1.82) is 0 Å². The summed E-state index contributed by atoms with van der Waals surface area (Å²) in [5.41, 5.74) is 6.52. The summed E-state index contributed by atoms with van der Waals surface area (Å²) >= 11 is 0. The molecule has 0 radical (unpaired) electrons. The number of ether oxygens (including phenoxy) is 4. The molecule has 0 saturated carbocycles. The standard InChI is InChI=1S/C46H38N3O4.Ir/c1-46(2,43-24-14-22-39(48-43)35-18-8-4-9-19-35)44-25-15-23-40(49-44)38-33-42(52-30-31-53-45-26-12-13-27-47-45)41(32-37(38)34-16-6-3-7-17-34)51-29-28-50-36-20-10-5-11-21-36;/h3-16,18,20,22-27,32-33H,28-31H2,1-2H3;/q-3;+3. The largest absolute Gasteiger partial charge is 3.00 e. The van der Waals surface area contributed by atoms with Gasteiger partial charge in [0.05, 0.1) is 11.4 Å². The topological polar surface area (TPSA) is 75.6 Å². The quantitative estimate of drug-likeness (QED) is 0.0751. The van der Waals surface area contributed by atoms with Gasteiger partial charge in [-0.25, -0.2) is 4.98 Å². The Kier molecular flexibility index (Phi) is 12.8. The third-order valence-electron chi connectivity index (χ3n) is 8.63. The SMILES string of the molecule is CC(C)(c1cccc(-c2[c-]cccc2)n1)c1cccc(-c2cc(OCCOc3ccccn3)c(OCCOc3[c-]cccc3)cc2-c2[c-]cccc2)n1.[Ir+3]. The summed E-state index contributed by atoms with van der Waals surface area (Å²) in [6.45, 7) is 5.47. The summed E-state index contributed by atoms with van der Waals surface area (Å²) < 4.78 is 24.4. The second kappa shape index (κ2) is 18.3. The van der Waals surface area contributed by atoms with E-state index in [0.29, 0.717) is 36.3 Å². The van der Waals surface area contributed by atoms with Crippen LogP contribution in [0.2, 0.25) is 0 Å². The van der Waals surface area contributed by atoms with Gasteiger partial charge in [-0.2, -0.15) is 18.2 Å². The van der Waals surface area contributed by atoms with E-state index in [-0.39, 0.29) is 33.3 Å². The molecule has 0 aliphatic carbocycles. The molecule has 4 aromatic carbocycles. The summed E-state index contributed by atoms with van der Waals surface area (Å²) in [5, 5.41) is 0. The van der Waals surface area contributed by atoms with E-state index in [1.54, 1.807) is 6.20 Å². The zero-order chi connectivity index (χ0) is 36.3. The molecule has 3 heterocycles. The molecule has 0 atom stereocenters. The molecule has 7 nitrogen and oxygen atoms in total. The van der Waals surface area contributed by atoms with E-state index in [9.17, 15) is 0 Å². The van der Waals surface area contributed by atoms with E-state index >= 15 is 0 Å². The summed E-state index contributed by atoms with van der Waals surface area (Å²) in [7, 11) is 0. The van der Waals surface area contributed by atoms with Crippen molar-refractivity contribution in [3.63, 3.8) is 0 Å². The van der Waals surface area contributed by atoms with Gasteiger partial charge in [0.25, 0.3) is 0 Å². The second-order valence-electron chi connectivity index (χ2n) is 12.6. The minimum atomic E-state index is -0.513. The average Bonchev–Trinajstić information content (AvgIpc) is 3.22. The average molecular weight is 889 g/mol. The van der Waals surface area contributed by atoms with Gasteiger partial charge in [-0.3, -0.25) is 4.98 Å². The van der Waals surface area contributed by atoms with E-state index in [2.05, 4.69) is 49.2 Å². The summed E-state index contributed by atoms with van der Waals surface area (Å²) in [6.07, 6.45) is 1.69. The number of rotatable bonds is 15. The first-order valence-corrected chi connectivity index (χ1v) is 17.5. The van der Waals surface area contributed by atoms with Crippen LogP contribution in [0.25, 0.3) is 33.6 Å². The monoisotopic (exact) mass is 889 g/mol. The van der Waals surface area contributed by atoms with Gasteiger partial charge >= 0.3 is 20.1 Å². The Morgan fingerprint density at radius 3 is 1.72 bits per heavy atom. The molecule has 0 unspecified atom stereocenters. The molecular formula is C46H38IrN3O4. The molecule has 0 saturated heterocycles. The first-order chi connectivity index (χ1) is 26.0. The zero-order valence-corrected chi connectivity index (χ0v) is 32.4. The Labute approximate surface area is 330 Å². The molecule has 270 valence electrons. The fourth-order valence-corrected chi connectivity index (χ4v) is 5.83. The molecule has 7 rings (SSSR count). The Morgan fingerprint density at radius 2 is 1.09 bits per heavy atom. The van der Waals surface area contributed by atoms with E-state index in [1.165, 1.54) is 0 Å². The molecule has 0 N–H and O–H groups in total. The van der Waals surface area contributed by atoms with Crippen molar-refractivity contribution < 1.29 is 39.1 Å². The van der Waals surface area contributed by atoms with Crippen LogP contribution in [0.3, 0.4) is 0 Å². The van der Waals surface area contributed by atoms with Crippen molar-refractivity contribution >= 4 is 0 Å². The minimum Gasteiger partial charge on any atom is -0.516 e.